The summed E-state index contributed by atoms with van der Waals surface area (Å²) in [4.78, 5) is 12.1. The summed E-state index contributed by atoms with van der Waals surface area (Å²) < 4.78 is 32.7. The van der Waals surface area contributed by atoms with Crippen molar-refractivity contribution in [1.29, 1.82) is 0 Å². The van der Waals surface area contributed by atoms with Gasteiger partial charge in [0.25, 0.3) is 0 Å². The number of sulfonamides is 1. The Hall–Kier alpha value is -1.35. The standard InChI is InChI=1S/C18H29N3O4S.ClH/c1-4-21(5-2)26(23,24)17-11-15(9-10-16(17)25-6-3)20-18(22)13-19-12-14-7-8-14;/h9-11,14,19H,4-8,12-13H2,1-3H3,(H,20,22);1H. The maximum atomic E-state index is 12.9. The van der Waals surface area contributed by atoms with Crippen molar-refractivity contribution in [2.75, 3.05) is 38.1 Å². The van der Waals surface area contributed by atoms with Gasteiger partial charge in [-0.1, -0.05) is 13.8 Å². The maximum absolute atomic E-state index is 12.9. The fourth-order valence-electron chi connectivity index (χ4n) is 2.68. The van der Waals surface area contributed by atoms with Gasteiger partial charge in [0.15, 0.2) is 0 Å². The van der Waals surface area contributed by atoms with E-state index in [1.54, 1.807) is 32.9 Å². The molecule has 0 spiro atoms. The van der Waals surface area contributed by atoms with Crippen molar-refractivity contribution in [3.8, 4) is 5.75 Å². The third-order valence-corrected chi connectivity index (χ3v) is 6.34. The predicted octanol–water partition coefficient (Wildman–Crippen LogP) is 2.48. The van der Waals surface area contributed by atoms with E-state index in [4.69, 9.17) is 4.74 Å². The lowest BCUT2D eigenvalue weighted by Crippen LogP contribution is -2.31. The fraction of sp³-hybridized carbons (Fsp3) is 0.611. The summed E-state index contributed by atoms with van der Waals surface area (Å²) in [6, 6.07) is 4.72. The van der Waals surface area contributed by atoms with Gasteiger partial charge in [-0.15, -0.1) is 12.4 Å². The predicted molar refractivity (Wildman–Crippen MR) is 109 cm³/mol. The van der Waals surface area contributed by atoms with Gasteiger partial charge in [0.2, 0.25) is 15.9 Å². The van der Waals surface area contributed by atoms with Crippen molar-refractivity contribution >= 4 is 34.0 Å². The Morgan fingerprint density at radius 3 is 2.44 bits per heavy atom. The zero-order valence-corrected chi connectivity index (χ0v) is 17.8. The zero-order chi connectivity index (χ0) is 19.2. The number of nitrogens with zero attached hydrogens (tertiary/aromatic N) is 1. The van der Waals surface area contributed by atoms with Crippen molar-refractivity contribution in [2.45, 2.75) is 38.5 Å². The van der Waals surface area contributed by atoms with Crippen LogP contribution in [0.25, 0.3) is 0 Å². The molecule has 1 fully saturated rings. The molecule has 1 aliphatic rings. The summed E-state index contributed by atoms with van der Waals surface area (Å²) in [5, 5.41) is 5.87. The van der Waals surface area contributed by atoms with Crippen LogP contribution >= 0.6 is 12.4 Å². The normalized spacial score (nSPS) is 13.9. The third-order valence-electron chi connectivity index (χ3n) is 4.27. The molecule has 0 saturated heterocycles. The minimum absolute atomic E-state index is 0. The second-order valence-corrected chi connectivity index (χ2v) is 8.21. The first-order chi connectivity index (χ1) is 12.4. The Balaban J connectivity index is 0.00000364. The molecule has 1 amide bonds. The molecule has 0 radical (unpaired) electrons. The number of hydrogen-bond donors (Lipinski definition) is 2. The average molecular weight is 420 g/mol. The van der Waals surface area contributed by atoms with Crippen molar-refractivity contribution in [3.63, 3.8) is 0 Å². The summed E-state index contributed by atoms with van der Waals surface area (Å²) in [6.45, 7) is 7.53. The first-order valence-corrected chi connectivity index (χ1v) is 10.6. The van der Waals surface area contributed by atoms with Gasteiger partial charge < -0.3 is 15.4 Å². The molecule has 9 heteroatoms. The van der Waals surface area contributed by atoms with Crippen LogP contribution in [0.15, 0.2) is 23.1 Å². The van der Waals surface area contributed by atoms with Crippen molar-refractivity contribution < 1.29 is 17.9 Å². The highest BCUT2D eigenvalue weighted by Gasteiger charge is 2.26. The van der Waals surface area contributed by atoms with E-state index >= 15 is 0 Å². The first kappa shape index (κ1) is 23.7. The van der Waals surface area contributed by atoms with Gasteiger partial charge in [0.05, 0.1) is 13.2 Å². The molecule has 0 aromatic heterocycles. The molecule has 1 aromatic rings. The summed E-state index contributed by atoms with van der Waals surface area (Å²) in [7, 11) is -3.69. The van der Waals surface area contributed by atoms with Crippen LogP contribution in [-0.4, -0.2) is 51.4 Å². The number of ether oxygens (including phenoxy) is 1. The van der Waals surface area contributed by atoms with E-state index in [0.29, 0.717) is 37.1 Å². The number of nitrogens with one attached hydrogen (secondary N) is 2. The van der Waals surface area contributed by atoms with E-state index in [2.05, 4.69) is 10.6 Å². The number of anilines is 1. The van der Waals surface area contributed by atoms with Crippen LogP contribution < -0.4 is 15.4 Å². The Bertz CT molecular complexity index is 719. The Kier molecular flexibility index (Phi) is 9.52. The lowest BCUT2D eigenvalue weighted by molar-refractivity contribution is -0.115. The van der Waals surface area contributed by atoms with Gasteiger partial charge >= 0.3 is 0 Å². The number of rotatable bonds is 11. The highest BCUT2D eigenvalue weighted by Crippen LogP contribution is 2.30. The molecule has 154 valence electrons. The van der Waals surface area contributed by atoms with Gasteiger partial charge in [-0.3, -0.25) is 4.79 Å². The van der Waals surface area contributed by atoms with Gasteiger partial charge in [0.1, 0.15) is 10.6 Å². The number of benzene rings is 1. The lowest BCUT2D eigenvalue weighted by Gasteiger charge is -2.21. The zero-order valence-electron chi connectivity index (χ0n) is 16.2. The average Bonchev–Trinajstić information content (AvgIpc) is 3.41. The van der Waals surface area contributed by atoms with Crippen LogP contribution in [0.3, 0.4) is 0 Å². The molecule has 0 bridgehead atoms. The second kappa shape index (κ2) is 10.8. The maximum Gasteiger partial charge on any atom is 0.246 e. The topological polar surface area (TPSA) is 87.7 Å². The molecule has 1 aliphatic carbocycles. The highest BCUT2D eigenvalue weighted by atomic mass is 35.5. The van der Waals surface area contributed by atoms with Gasteiger partial charge in [0, 0.05) is 18.8 Å². The fourth-order valence-corrected chi connectivity index (χ4v) is 4.30. The summed E-state index contributed by atoms with van der Waals surface area (Å²) in [5.74, 6) is 0.796. The minimum atomic E-state index is -3.69. The Labute approximate surface area is 168 Å². The molecule has 0 aliphatic heterocycles. The van der Waals surface area contributed by atoms with E-state index < -0.39 is 10.0 Å². The van der Waals surface area contributed by atoms with Crippen LogP contribution in [0.2, 0.25) is 0 Å². The van der Waals surface area contributed by atoms with E-state index in [0.717, 1.165) is 6.54 Å². The molecule has 0 unspecified atom stereocenters. The Morgan fingerprint density at radius 1 is 1.22 bits per heavy atom. The van der Waals surface area contributed by atoms with E-state index in [1.165, 1.54) is 23.2 Å². The van der Waals surface area contributed by atoms with Crippen LogP contribution in [-0.2, 0) is 14.8 Å². The van der Waals surface area contributed by atoms with Gasteiger partial charge in [-0.25, -0.2) is 8.42 Å². The van der Waals surface area contributed by atoms with E-state index in [1.807, 2.05) is 0 Å². The minimum Gasteiger partial charge on any atom is -0.492 e. The van der Waals surface area contributed by atoms with Crippen molar-refractivity contribution in [1.82, 2.24) is 9.62 Å². The molecule has 1 aromatic carbocycles. The largest absolute Gasteiger partial charge is 0.492 e. The van der Waals surface area contributed by atoms with Crippen LogP contribution in [0.5, 0.6) is 5.75 Å². The van der Waals surface area contributed by atoms with Crippen molar-refractivity contribution in [2.24, 2.45) is 5.92 Å². The third kappa shape index (κ3) is 6.64. The molecule has 2 rings (SSSR count). The van der Waals surface area contributed by atoms with Gasteiger partial charge in [-0.2, -0.15) is 4.31 Å². The molecule has 0 heterocycles. The second-order valence-electron chi connectivity index (χ2n) is 6.31. The number of carbonyl (C=O) groups excluding carboxylic acids is 1. The number of halogens is 1. The quantitative estimate of drug-likeness (QED) is 0.575. The molecular formula is C18H30ClN3O4S. The van der Waals surface area contributed by atoms with Gasteiger partial charge in [-0.05, 0) is 50.4 Å². The van der Waals surface area contributed by atoms with Crippen molar-refractivity contribution in [3.05, 3.63) is 18.2 Å². The summed E-state index contributed by atoms with van der Waals surface area (Å²) in [5.41, 5.74) is 0.442. The lowest BCUT2D eigenvalue weighted by atomic mass is 10.3. The van der Waals surface area contributed by atoms with E-state index in [-0.39, 0.29) is 29.8 Å². The van der Waals surface area contributed by atoms with Crippen LogP contribution in [0.4, 0.5) is 5.69 Å². The Morgan fingerprint density at radius 2 is 1.89 bits per heavy atom. The highest BCUT2D eigenvalue weighted by molar-refractivity contribution is 7.89. The molecule has 2 N–H and O–H groups in total. The molecule has 1 saturated carbocycles. The first-order valence-electron chi connectivity index (χ1n) is 9.19. The molecule has 27 heavy (non-hydrogen) atoms. The summed E-state index contributed by atoms with van der Waals surface area (Å²) in [6.07, 6.45) is 2.44. The smallest absolute Gasteiger partial charge is 0.246 e. The van der Waals surface area contributed by atoms with E-state index in [9.17, 15) is 13.2 Å². The monoisotopic (exact) mass is 419 g/mol. The number of hydrogen-bond acceptors (Lipinski definition) is 5. The number of carbonyl (C=O) groups is 1. The molecule has 0 atom stereocenters. The SMILES string of the molecule is CCOc1ccc(NC(=O)CNCC2CC2)cc1S(=O)(=O)N(CC)CC.Cl. The van der Waals surface area contributed by atoms with Crippen LogP contribution in [0, 0.1) is 5.92 Å². The summed E-state index contributed by atoms with van der Waals surface area (Å²) >= 11 is 0. The molecule has 7 nitrogen and oxygen atoms in total. The molecular weight excluding hydrogens is 390 g/mol. The number of amides is 1. The van der Waals surface area contributed by atoms with Crippen LogP contribution in [0.1, 0.15) is 33.6 Å².